The number of halogens is 1. The highest BCUT2D eigenvalue weighted by Crippen LogP contribution is 2.23. The molecule has 2 N–H and O–H groups in total. The molecule has 1 aliphatic rings. The summed E-state index contributed by atoms with van der Waals surface area (Å²) >= 11 is 0. The van der Waals surface area contributed by atoms with Crippen molar-refractivity contribution in [3.63, 3.8) is 0 Å². The van der Waals surface area contributed by atoms with Crippen molar-refractivity contribution < 1.29 is 9.18 Å². The van der Waals surface area contributed by atoms with Crippen LogP contribution in [0.3, 0.4) is 0 Å². The van der Waals surface area contributed by atoms with Gasteiger partial charge in [-0.1, -0.05) is 6.07 Å². The lowest BCUT2D eigenvalue weighted by atomic mass is 10.0. The van der Waals surface area contributed by atoms with Crippen LogP contribution in [-0.2, 0) is 6.54 Å². The summed E-state index contributed by atoms with van der Waals surface area (Å²) in [6.07, 6.45) is 1.91. The van der Waals surface area contributed by atoms with Gasteiger partial charge in [0.15, 0.2) is 11.5 Å². The van der Waals surface area contributed by atoms with Gasteiger partial charge in [0.05, 0.1) is 11.2 Å². The Labute approximate surface area is 165 Å². The number of likely N-dealkylation sites (tertiary alicyclic amines) is 1. The molecule has 9 heteroatoms. The summed E-state index contributed by atoms with van der Waals surface area (Å²) < 4.78 is 14.8. The molecule has 0 spiro atoms. The molecule has 0 radical (unpaired) electrons. The molecule has 0 saturated carbocycles. The van der Waals surface area contributed by atoms with E-state index in [2.05, 4.69) is 30.4 Å². The third-order valence-electron chi connectivity index (χ3n) is 4.80. The fraction of sp³-hybridized carbons (Fsp3) is 0.250. The quantitative estimate of drug-likeness (QED) is 0.694. The molecule has 1 fully saturated rings. The van der Waals surface area contributed by atoms with E-state index >= 15 is 0 Å². The lowest BCUT2D eigenvalue weighted by Crippen LogP contribution is -2.39. The number of amides is 1. The zero-order chi connectivity index (χ0) is 20.5. The number of benzene rings is 1. The third-order valence-corrected chi connectivity index (χ3v) is 4.80. The summed E-state index contributed by atoms with van der Waals surface area (Å²) in [6, 6.07) is 6.78. The number of hydrogen-bond donors (Lipinski definition) is 2. The Hall–Kier alpha value is -3.46. The minimum atomic E-state index is -0.444. The number of carbonyl (C=O) groups excluding carboxylic acids is 1. The van der Waals surface area contributed by atoms with Gasteiger partial charge >= 0.3 is 0 Å². The second kappa shape index (κ2) is 7.51. The van der Waals surface area contributed by atoms with Crippen LogP contribution < -0.4 is 10.9 Å². The van der Waals surface area contributed by atoms with E-state index in [0.29, 0.717) is 42.1 Å². The van der Waals surface area contributed by atoms with Gasteiger partial charge in [-0.25, -0.2) is 9.37 Å². The summed E-state index contributed by atoms with van der Waals surface area (Å²) in [7, 11) is 1.54. The highest BCUT2D eigenvalue weighted by atomic mass is 19.1. The maximum atomic E-state index is 14.8. The van der Waals surface area contributed by atoms with Crippen molar-refractivity contribution in [2.75, 3.05) is 20.1 Å². The van der Waals surface area contributed by atoms with Crippen LogP contribution in [0.4, 0.5) is 4.39 Å². The standard InChI is InChI=1S/C20H19FN6O2/c1-11-19(28)24-18-15(23-11)5-3-13(17(18)21)10-27-8-12(9-27)7-14-4-6-16(26-25-14)20(29)22-2/h3-7H,8-10H2,1-2H3,(H,22,29)(H,24,28). The number of nitrogens with zero attached hydrogens (tertiary/aromatic N) is 4. The molecule has 2 aromatic heterocycles. The van der Waals surface area contributed by atoms with Crippen LogP contribution in [-0.4, -0.2) is 51.1 Å². The zero-order valence-electron chi connectivity index (χ0n) is 16.0. The molecule has 0 atom stereocenters. The molecule has 4 rings (SSSR count). The molecule has 1 amide bonds. The van der Waals surface area contributed by atoms with E-state index in [-0.39, 0.29) is 22.7 Å². The monoisotopic (exact) mass is 394 g/mol. The molecular weight excluding hydrogens is 375 g/mol. The van der Waals surface area contributed by atoms with Crippen molar-refractivity contribution in [1.82, 2.24) is 30.4 Å². The van der Waals surface area contributed by atoms with E-state index in [1.807, 2.05) is 6.08 Å². The summed E-state index contributed by atoms with van der Waals surface area (Å²) in [6.45, 7) is 3.38. The van der Waals surface area contributed by atoms with E-state index in [0.717, 1.165) is 5.57 Å². The number of H-pyrrole nitrogens is 1. The van der Waals surface area contributed by atoms with Crippen LogP contribution in [0.2, 0.25) is 0 Å². The number of hydrogen-bond acceptors (Lipinski definition) is 6. The van der Waals surface area contributed by atoms with Crippen molar-refractivity contribution in [2.45, 2.75) is 13.5 Å². The van der Waals surface area contributed by atoms with Crippen molar-refractivity contribution in [3.05, 3.63) is 68.7 Å². The molecule has 29 heavy (non-hydrogen) atoms. The summed E-state index contributed by atoms with van der Waals surface area (Å²) in [5, 5.41) is 10.4. The van der Waals surface area contributed by atoms with Crippen LogP contribution in [0.15, 0.2) is 34.6 Å². The van der Waals surface area contributed by atoms with Crippen LogP contribution in [0.5, 0.6) is 0 Å². The summed E-state index contributed by atoms with van der Waals surface area (Å²) in [5.74, 6) is -0.726. The maximum absolute atomic E-state index is 14.8. The number of rotatable bonds is 4. The average molecular weight is 394 g/mol. The Morgan fingerprint density at radius 3 is 2.76 bits per heavy atom. The second-order valence-corrected chi connectivity index (χ2v) is 6.95. The van der Waals surface area contributed by atoms with Gasteiger partial charge < -0.3 is 10.3 Å². The van der Waals surface area contributed by atoms with Gasteiger partial charge in [0, 0.05) is 32.2 Å². The van der Waals surface area contributed by atoms with E-state index in [1.165, 1.54) is 7.05 Å². The number of aryl methyl sites for hydroxylation is 1. The van der Waals surface area contributed by atoms with Crippen molar-refractivity contribution >= 4 is 23.0 Å². The molecular formula is C20H19FN6O2. The third kappa shape index (κ3) is 3.77. The molecule has 0 unspecified atom stereocenters. The lowest BCUT2D eigenvalue weighted by molar-refractivity contribution is 0.0957. The Kier molecular flexibility index (Phi) is 4.89. The van der Waals surface area contributed by atoms with Crippen molar-refractivity contribution in [3.8, 4) is 0 Å². The largest absolute Gasteiger partial charge is 0.354 e. The number of nitrogens with one attached hydrogen (secondary N) is 2. The number of fused-ring (bicyclic) bond motifs is 1. The van der Waals surface area contributed by atoms with E-state index in [4.69, 9.17) is 0 Å². The van der Waals surface area contributed by atoms with Crippen LogP contribution in [0, 0.1) is 12.7 Å². The molecule has 1 aromatic carbocycles. The molecule has 8 nitrogen and oxygen atoms in total. The van der Waals surface area contributed by atoms with E-state index < -0.39 is 5.82 Å². The van der Waals surface area contributed by atoms with Gasteiger partial charge in [-0.2, -0.15) is 5.10 Å². The topological polar surface area (TPSA) is 104 Å². The van der Waals surface area contributed by atoms with Gasteiger partial charge in [-0.05, 0) is 36.8 Å². The molecule has 148 valence electrons. The molecule has 3 heterocycles. The van der Waals surface area contributed by atoms with E-state index in [1.54, 1.807) is 31.2 Å². The van der Waals surface area contributed by atoms with Crippen LogP contribution in [0.1, 0.15) is 27.4 Å². The minimum Gasteiger partial charge on any atom is -0.354 e. The first kappa shape index (κ1) is 18.9. The SMILES string of the molecule is CNC(=O)c1ccc(C=C2CN(Cc3ccc4nc(C)c(=O)[nH]c4c3F)C2)nn1. The first-order chi connectivity index (χ1) is 13.9. The Balaban J connectivity index is 1.43. The Morgan fingerprint density at radius 1 is 1.28 bits per heavy atom. The fourth-order valence-electron chi connectivity index (χ4n) is 3.23. The zero-order valence-corrected chi connectivity index (χ0v) is 16.0. The Morgan fingerprint density at radius 2 is 2.07 bits per heavy atom. The number of aromatic nitrogens is 4. The van der Waals surface area contributed by atoms with Gasteiger partial charge in [-0.3, -0.25) is 14.5 Å². The first-order valence-corrected chi connectivity index (χ1v) is 9.10. The molecule has 1 saturated heterocycles. The predicted octanol–water partition coefficient (Wildman–Crippen LogP) is 1.42. The maximum Gasteiger partial charge on any atom is 0.271 e. The summed E-state index contributed by atoms with van der Waals surface area (Å²) in [4.78, 5) is 32.0. The number of carbonyl (C=O) groups is 1. The lowest BCUT2D eigenvalue weighted by Gasteiger charge is -2.34. The molecule has 3 aromatic rings. The van der Waals surface area contributed by atoms with Gasteiger partial charge in [0.1, 0.15) is 11.2 Å². The molecule has 0 bridgehead atoms. The van der Waals surface area contributed by atoms with Gasteiger partial charge in [0.25, 0.3) is 11.5 Å². The smallest absolute Gasteiger partial charge is 0.271 e. The normalized spacial score (nSPS) is 14.0. The van der Waals surface area contributed by atoms with Crippen LogP contribution in [0.25, 0.3) is 17.1 Å². The highest BCUT2D eigenvalue weighted by molar-refractivity contribution is 5.91. The molecule has 1 aliphatic heterocycles. The highest BCUT2D eigenvalue weighted by Gasteiger charge is 2.22. The Bertz CT molecular complexity index is 1180. The molecule has 0 aliphatic carbocycles. The van der Waals surface area contributed by atoms with Crippen molar-refractivity contribution in [1.29, 1.82) is 0 Å². The van der Waals surface area contributed by atoms with Gasteiger partial charge in [-0.15, -0.1) is 5.10 Å². The van der Waals surface area contributed by atoms with Gasteiger partial charge in [0.2, 0.25) is 0 Å². The van der Waals surface area contributed by atoms with E-state index in [9.17, 15) is 14.0 Å². The average Bonchev–Trinajstić information content (AvgIpc) is 2.69. The fourth-order valence-corrected chi connectivity index (χ4v) is 3.23. The summed E-state index contributed by atoms with van der Waals surface area (Å²) in [5.41, 5.74) is 3.08. The first-order valence-electron chi connectivity index (χ1n) is 9.10. The predicted molar refractivity (Wildman–Crippen MR) is 106 cm³/mol. The second-order valence-electron chi connectivity index (χ2n) is 6.95. The van der Waals surface area contributed by atoms with Crippen LogP contribution >= 0.6 is 0 Å². The van der Waals surface area contributed by atoms with Crippen molar-refractivity contribution in [2.24, 2.45) is 0 Å². The minimum absolute atomic E-state index is 0.140. The number of aromatic amines is 1.